The first-order valence-corrected chi connectivity index (χ1v) is 11.7. The number of nitrogens with zero attached hydrogens (tertiary/aromatic N) is 2. The molecule has 0 aliphatic rings. The number of carbonyl (C=O) groups excluding carboxylic acids is 2. The van der Waals surface area contributed by atoms with Crippen LogP contribution in [0.3, 0.4) is 0 Å². The van der Waals surface area contributed by atoms with Gasteiger partial charge in [-0.3, -0.25) is 4.79 Å². The SMILES string of the molecule is C=CCN(CC(=O)N(Cc1ccc(F)cc1)Cc1cccs1)C(=O)Nc1cc(OC)cc(OC)c1. The summed E-state index contributed by atoms with van der Waals surface area (Å²) in [5, 5.41) is 4.73. The molecule has 1 heterocycles. The standard InChI is InChI=1S/C26H28FN3O4S/c1-4-11-29(26(32)28-21-13-22(33-2)15-23(14-21)34-3)18-25(31)30(17-24-6-5-12-35-24)16-19-7-9-20(27)10-8-19/h4-10,12-15H,1,11,16-18H2,2-3H3,(H,28,32). The Morgan fingerprint density at radius 3 is 2.29 bits per heavy atom. The molecule has 0 saturated heterocycles. The largest absolute Gasteiger partial charge is 0.497 e. The predicted octanol–water partition coefficient (Wildman–Crippen LogP) is 5.15. The van der Waals surface area contributed by atoms with Gasteiger partial charge in [-0.2, -0.15) is 0 Å². The monoisotopic (exact) mass is 497 g/mol. The van der Waals surface area contributed by atoms with Crippen molar-refractivity contribution in [3.63, 3.8) is 0 Å². The highest BCUT2D eigenvalue weighted by Gasteiger charge is 2.22. The molecule has 0 aliphatic heterocycles. The van der Waals surface area contributed by atoms with Crippen molar-refractivity contribution in [3.05, 3.63) is 88.9 Å². The van der Waals surface area contributed by atoms with E-state index in [0.717, 1.165) is 10.4 Å². The molecule has 0 saturated carbocycles. The van der Waals surface area contributed by atoms with Gasteiger partial charge in [0.1, 0.15) is 23.9 Å². The Morgan fingerprint density at radius 2 is 1.71 bits per heavy atom. The first-order chi connectivity index (χ1) is 16.9. The van der Waals surface area contributed by atoms with E-state index >= 15 is 0 Å². The van der Waals surface area contributed by atoms with E-state index in [1.54, 1.807) is 41.3 Å². The van der Waals surface area contributed by atoms with Crippen molar-refractivity contribution < 1.29 is 23.5 Å². The fourth-order valence-corrected chi connectivity index (χ4v) is 4.07. The summed E-state index contributed by atoms with van der Waals surface area (Å²) in [4.78, 5) is 30.4. The molecular formula is C26H28FN3O4S. The van der Waals surface area contributed by atoms with Crippen molar-refractivity contribution >= 4 is 29.0 Å². The lowest BCUT2D eigenvalue weighted by Gasteiger charge is -2.27. The van der Waals surface area contributed by atoms with Gasteiger partial charge in [0, 0.05) is 41.9 Å². The van der Waals surface area contributed by atoms with Crippen LogP contribution in [-0.2, 0) is 17.9 Å². The zero-order valence-corrected chi connectivity index (χ0v) is 20.5. The molecule has 7 nitrogen and oxygen atoms in total. The number of nitrogens with one attached hydrogen (secondary N) is 1. The van der Waals surface area contributed by atoms with E-state index in [0.29, 0.717) is 23.7 Å². The van der Waals surface area contributed by atoms with Gasteiger partial charge in [-0.25, -0.2) is 9.18 Å². The number of urea groups is 1. The Balaban J connectivity index is 1.76. The van der Waals surface area contributed by atoms with Gasteiger partial charge in [-0.15, -0.1) is 17.9 Å². The summed E-state index contributed by atoms with van der Waals surface area (Å²) in [6.07, 6.45) is 1.56. The van der Waals surface area contributed by atoms with Gasteiger partial charge in [-0.05, 0) is 29.1 Å². The van der Waals surface area contributed by atoms with Crippen molar-refractivity contribution in [1.29, 1.82) is 0 Å². The molecule has 2 aromatic carbocycles. The van der Waals surface area contributed by atoms with E-state index in [1.807, 2.05) is 17.5 Å². The topological polar surface area (TPSA) is 71.1 Å². The Hall–Kier alpha value is -3.85. The zero-order chi connectivity index (χ0) is 25.2. The lowest BCUT2D eigenvalue weighted by molar-refractivity contribution is -0.132. The van der Waals surface area contributed by atoms with Crippen LogP contribution in [0.25, 0.3) is 0 Å². The minimum Gasteiger partial charge on any atom is -0.497 e. The second-order valence-corrected chi connectivity index (χ2v) is 8.69. The number of methoxy groups -OCH3 is 2. The van der Waals surface area contributed by atoms with Crippen LogP contribution < -0.4 is 14.8 Å². The number of hydrogen-bond acceptors (Lipinski definition) is 5. The Bertz CT molecular complexity index is 1110. The van der Waals surface area contributed by atoms with Gasteiger partial charge in [0.2, 0.25) is 5.91 Å². The Morgan fingerprint density at radius 1 is 1.03 bits per heavy atom. The molecule has 184 valence electrons. The summed E-state index contributed by atoms with van der Waals surface area (Å²) < 4.78 is 23.9. The number of benzene rings is 2. The summed E-state index contributed by atoms with van der Waals surface area (Å²) in [7, 11) is 3.04. The van der Waals surface area contributed by atoms with E-state index in [4.69, 9.17) is 9.47 Å². The molecule has 3 amide bonds. The third-order valence-corrected chi connectivity index (χ3v) is 5.99. The first kappa shape index (κ1) is 25.8. The van der Waals surface area contributed by atoms with Crippen LogP contribution in [0.4, 0.5) is 14.9 Å². The van der Waals surface area contributed by atoms with Gasteiger partial charge >= 0.3 is 6.03 Å². The first-order valence-electron chi connectivity index (χ1n) is 10.9. The summed E-state index contributed by atoms with van der Waals surface area (Å²) in [5.74, 6) is 0.454. The molecule has 0 aliphatic carbocycles. The molecule has 35 heavy (non-hydrogen) atoms. The number of anilines is 1. The van der Waals surface area contributed by atoms with Crippen LogP contribution in [0, 0.1) is 5.82 Å². The Kier molecular flexibility index (Phi) is 9.25. The summed E-state index contributed by atoms with van der Waals surface area (Å²) in [5.41, 5.74) is 1.26. The molecule has 0 spiro atoms. The van der Waals surface area contributed by atoms with Gasteiger partial charge in [0.05, 0.1) is 20.8 Å². The van der Waals surface area contributed by atoms with Crippen molar-refractivity contribution in [2.45, 2.75) is 13.1 Å². The molecule has 0 atom stereocenters. The lowest BCUT2D eigenvalue weighted by Crippen LogP contribution is -2.44. The summed E-state index contributed by atoms with van der Waals surface area (Å²) in [6, 6.07) is 14.4. The average Bonchev–Trinajstić information content (AvgIpc) is 3.37. The zero-order valence-electron chi connectivity index (χ0n) is 19.7. The highest BCUT2D eigenvalue weighted by atomic mass is 32.1. The molecule has 9 heteroatoms. The molecule has 3 rings (SSSR count). The van der Waals surface area contributed by atoms with Crippen LogP contribution in [0.1, 0.15) is 10.4 Å². The Labute approximate surface area is 208 Å². The average molecular weight is 498 g/mol. The molecule has 0 bridgehead atoms. The number of halogens is 1. The minimum absolute atomic E-state index is 0.161. The van der Waals surface area contributed by atoms with E-state index in [-0.39, 0.29) is 31.4 Å². The maximum atomic E-state index is 13.4. The van der Waals surface area contributed by atoms with Gasteiger partial charge in [0.25, 0.3) is 0 Å². The van der Waals surface area contributed by atoms with Gasteiger partial charge in [0.15, 0.2) is 0 Å². The van der Waals surface area contributed by atoms with Crippen LogP contribution in [0.2, 0.25) is 0 Å². The number of ether oxygens (including phenoxy) is 2. The summed E-state index contributed by atoms with van der Waals surface area (Å²) >= 11 is 1.54. The molecule has 0 unspecified atom stereocenters. The molecule has 1 aromatic heterocycles. The van der Waals surface area contributed by atoms with Crippen molar-refractivity contribution in [3.8, 4) is 11.5 Å². The van der Waals surface area contributed by atoms with E-state index in [9.17, 15) is 14.0 Å². The van der Waals surface area contributed by atoms with Crippen LogP contribution in [0.5, 0.6) is 11.5 Å². The normalized spacial score (nSPS) is 10.4. The van der Waals surface area contributed by atoms with Crippen molar-refractivity contribution in [2.24, 2.45) is 0 Å². The number of amides is 3. The second-order valence-electron chi connectivity index (χ2n) is 7.66. The van der Waals surface area contributed by atoms with Gasteiger partial charge < -0.3 is 24.6 Å². The third-order valence-electron chi connectivity index (χ3n) is 5.13. The molecule has 3 aromatic rings. The third kappa shape index (κ3) is 7.58. The second kappa shape index (κ2) is 12.6. The predicted molar refractivity (Wildman–Crippen MR) is 135 cm³/mol. The summed E-state index contributed by atoms with van der Waals surface area (Å²) in [6.45, 7) is 4.39. The fourth-order valence-electron chi connectivity index (χ4n) is 3.35. The van der Waals surface area contributed by atoms with E-state index in [1.165, 1.54) is 42.6 Å². The molecule has 0 fully saturated rings. The van der Waals surface area contributed by atoms with E-state index < -0.39 is 6.03 Å². The molecule has 1 N–H and O–H groups in total. The minimum atomic E-state index is -0.466. The number of carbonyl (C=O) groups is 2. The van der Waals surface area contributed by atoms with Crippen LogP contribution >= 0.6 is 11.3 Å². The van der Waals surface area contributed by atoms with Crippen molar-refractivity contribution in [2.75, 3.05) is 32.6 Å². The number of rotatable bonds is 11. The maximum Gasteiger partial charge on any atom is 0.322 e. The highest BCUT2D eigenvalue weighted by Crippen LogP contribution is 2.26. The van der Waals surface area contributed by atoms with E-state index in [2.05, 4.69) is 11.9 Å². The fraction of sp³-hybridized carbons (Fsp3) is 0.231. The maximum absolute atomic E-state index is 13.4. The lowest BCUT2D eigenvalue weighted by atomic mass is 10.2. The van der Waals surface area contributed by atoms with Crippen LogP contribution in [0.15, 0.2) is 72.6 Å². The number of thiophene rings is 1. The highest BCUT2D eigenvalue weighted by molar-refractivity contribution is 7.09. The smallest absolute Gasteiger partial charge is 0.322 e. The molecular weight excluding hydrogens is 469 g/mol. The number of hydrogen-bond donors (Lipinski definition) is 1. The van der Waals surface area contributed by atoms with Crippen molar-refractivity contribution in [1.82, 2.24) is 9.80 Å². The quantitative estimate of drug-likeness (QED) is 0.372. The molecule has 0 radical (unpaired) electrons. The van der Waals surface area contributed by atoms with Gasteiger partial charge in [-0.1, -0.05) is 24.3 Å². The van der Waals surface area contributed by atoms with Crippen LogP contribution in [-0.4, -0.2) is 49.0 Å².